The predicted molar refractivity (Wildman–Crippen MR) is 116 cm³/mol. The third kappa shape index (κ3) is 6.67. The number of rotatable bonds is 9. The number of hydrogen-bond acceptors (Lipinski definition) is 5. The average Bonchev–Trinajstić information content (AvgIpc) is 2.78. The summed E-state index contributed by atoms with van der Waals surface area (Å²) in [5.74, 6) is 1.22. The van der Waals surface area contributed by atoms with Crippen molar-refractivity contribution in [3.63, 3.8) is 0 Å². The molecule has 0 aliphatic carbocycles. The first kappa shape index (κ1) is 20.9. The molecular weight excluding hydrogens is 380 g/mol. The van der Waals surface area contributed by atoms with Crippen LogP contribution in [0.3, 0.4) is 0 Å². The Morgan fingerprint density at radius 2 is 1.47 bits per heavy atom. The van der Waals surface area contributed by atoms with Crippen LogP contribution < -0.4 is 14.9 Å². The Morgan fingerprint density at radius 3 is 2.07 bits per heavy atom. The molecule has 1 N–H and O–H groups in total. The lowest BCUT2D eigenvalue weighted by molar-refractivity contribution is 0.152. The van der Waals surface area contributed by atoms with E-state index < -0.39 is 6.09 Å². The molecule has 0 saturated carbocycles. The first-order valence-electron chi connectivity index (χ1n) is 9.68. The summed E-state index contributed by atoms with van der Waals surface area (Å²) >= 11 is 0. The van der Waals surface area contributed by atoms with E-state index in [1.807, 2.05) is 78.9 Å². The molecule has 3 aromatic rings. The molecule has 0 heterocycles. The number of ether oxygens (including phenoxy) is 3. The molecule has 1 amide bonds. The van der Waals surface area contributed by atoms with Gasteiger partial charge in [-0.05, 0) is 41.8 Å². The van der Waals surface area contributed by atoms with Crippen molar-refractivity contribution in [3.05, 3.63) is 95.6 Å². The molecule has 3 aromatic carbocycles. The molecule has 0 atom stereocenters. The van der Waals surface area contributed by atoms with E-state index in [9.17, 15) is 4.79 Å². The molecule has 6 heteroatoms. The standard InChI is InChI=1S/C24H24N2O4/c1-2-28-24(27)26-25-16-21-13-14-22(29-17-19-9-5-3-6-10-19)23(15-21)30-18-20-11-7-4-8-12-20/h3-16H,2,17-18H2,1H3,(H,26,27)/b25-16-. The van der Waals surface area contributed by atoms with Crippen LogP contribution in [0.15, 0.2) is 84.0 Å². The molecular formula is C24H24N2O4. The Labute approximate surface area is 176 Å². The van der Waals surface area contributed by atoms with E-state index in [0.717, 1.165) is 16.7 Å². The van der Waals surface area contributed by atoms with Crippen molar-refractivity contribution >= 4 is 12.3 Å². The van der Waals surface area contributed by atoms with E-state index in [0.29, 0.717) is 24.7 Å². The molecule has 0 saturated heterocycles. The zero-order chi connectivity index (χ0) is 21.0. The van der Waals surface area contributed by atoms with Crippen molar-refractivity contribution in [1.82, 2.24) is 5.43 Å². The highest BCUT2D eigenvalue weighted by Crippen LogP contribution is 2.29. The van der Waals surface area contributed by atoms with Gasteiger partial charge < -0.3 is 14.2 Å². The summed E-state index contributed by atoms with van der Waals surface area (Å²) in [6.07, 6.45) is 0.921. The molecule has 0 fully saturated rings. The van der Waals surface area contributed by atoms with Crippen molar-refractivity contribution in [2.24, 2.45) is 5.10 Å². The van der Waals surface area contributed by atoms with Gasteiger partial charge in [0.05, 0.1) is 12.8 Å². The number of nitrogens with zero attached hydrogens (tertiary/aromatic N) is 1. The highest BCUT2D eigenvalue weighted by molar-refractivity contribution is 5.82. The van der Waals surface area contributed by atoms with Crippen molar-refractivity contribution in [1.29, 1.82) is 0 Å². The van der Waals surface area contributed by atoms with Gasteiger partial charge in [-0.2, -0.15) is 5.10 Å². The first-order valence-corrected chi connectivity index (χ1v) is 9.68. The van der Waals surface area contributed by atoms with E-state index in [4.69, 9.17) is 14.2 Å². The molecule has 154 valence electrons. The number of nitrogens with one attached hydrogen (secondary N) is 1. The van der Waals surface area contributed by atoms with Gasteiger partial charge in [0, 0.05) is 0 Å². The average molecular weight is 404 g/mol. The fraction of sp³-hybridized carbons (Fsp3) is 0.167. The van der Waals surface area contributed by atoms with Crippen LogP contribution in [0.2, 0.25) is 0 Å². The Balaban J connectivity index is 1.72. The molecule has 0 radical (unpaired) electrons. The van der Waals surface area contributed by atoms with Crippen molar-refractivity contribution in [2.75, 3.05) is 6.61 Å². The zero-order valence-corrected chi connectivity index (χ0v) is 16.8. The summed E-state index contributed by atoms with van der Waals surface area (Å²) in [6.45, 7) is 2.85. The van der Waals surface area contributed by atoms with E-state index in [1.165, 1.54) is 6.21 Å². The summed E-state index contributed by atoms with van der Waals surface area (Å²) in [5.41, 5.74) is 5.17. The van der Waals surface area contributed by atoms with Crippen LogP contribution in [0.1, 0.15) is 23.6 Å². The molecule has 0 aliphatic rings. The number of amides is 1. The van der Waals surface area contributed by atoms with Gasteiger partial charge in [-0.3, -0.25) is 0 Å². The van der Waals surface area contributed by atoms with Gasteiger partial charge in [-0.1, -0.05) is 60.7 Å². The van der Waals surface area contributed by atoms with E-state index in [2.05, 4.69) is 10.5 Å². The van der Waals surface area contributed by atoms with Gasteiger partial charge in [-0.25, -0.2) is 10.2 Å². The Bertz CT molecular complexity index is 959. The van der Waals surface area contributed by atoms with Crippen LogP contribution in [0.4, 0.5) is 4.79 Å². The largest absolute Gasteiger partial charge is 0.485 e. The third-order valence-corrected chi connectivity index (χ3v) is 4.09. The maximum atomic E-state index is 11.3. The lowest BCUT2D eigenvalue weighted by Crippen LogP contribution is -2.18. The van der Waals surface area contributed by atoms with Gasteiger partial charge >= 0.3 is 6.09 Å². The first-order chi connectivity index (χ1) is 14.7. The molecule has 0 aliphatic heterocycles. The minimum absolute atomic E-state index is 0.284. The highest BCUT2D eigenvalue weighted by atomic mass is 16.5. The Morgan fingerprint density at radius 1 is 0.867 bits per heavy atom. The Hall–Kier alpha value is -3.80. The van der Waals surface area contributed by atoms with Gasteiger partial charge in [0.2, 0.25) is 0 Å². The summed E-state index contributed by atoms with van der Waals surface area (Å²) in [7, 11) is 0. The summed E-state index contributed by atoms with van der Waals surface area (Å²) in [6, 6.07) is 25.3. The monoisotopic (exact) mass is 404 g/mol. The number of carbonyl (C=O) groups excluding carboxylic acids is 1. The highest BCUT2D eigenvalue weighted by Gasteiger charge is 2.08. The third-order valence-electron chi connectivity index (χ3n) is 4.09. The second kappa shape index (κ2) is 11.3. The summed E-state index contributed by atoms with van der Waals surface area (Å²) in [5, 5.41) is 3.90. The maximum Gasteiger partial charge on any atom is 0.427 e. The van der Waals surface area contributed by atoms with Crippen LogP contribution in [-0.4, -0.2) is 18.9 Å². The minimum atomic E-state index is -0.600. The predicted octanol–water partition coefficient (Wildman–Crippen LogP) is 4.92. The van der Waals surface area contributed by atoms with E-state index in [1.54, 1.807) is 6.92 Å². The summed E-state index contributed by atoms with van der Waals surface area (Å²) < 4.78 is 16.8. The fourth-order valence-electron chi connectivity index (χ4n) is 2.63. The lowest BCUT2D eigenvalue weighted by atomic mass is 10.2. The van der Waals surface area contributed by atoms with Gasteiger partial charge in [-0.15, -0.1) is 0 Å². The van der Waals surface area contributed by atoms with Crippen LogP contribution in [0.25, 0.3) is 0 Å². The maximum absolute atomic E-state index is 11.3. The second-order valence-corrected chi connectivity index (χ2v) is 6.35. The quantitative estimate of drug-likeness (QED) is 0.406. The molecule has 0 unspecified atom stereocenters. The molecule has 0 bridgehead atoms. The van der Waals surface area contributed by atoms with Crippen LogP contribution in [0.5, 0.6) is 11.5 Å². The molecule has 6 nitrogen and oxygen atoms in total. The smallest absolute Gasteiger partial charge is 0.427 e. The van der Waals surface area contributed by atoms with Crippen LogP contribution in [-0.2, 0) is 18.0 Å². The van der Waals surface area contributed by atoms with Crippen LogP contribution >= 0.6 is 0 Å². The van der Waals surface area contributed by atoms with Gasteiger partial charge in [0.15, 0.2) is 11.5 Å². The normalized spacial score (nSPS) is 10.6. The summed E-state index contributed by atoms with van der Waals surface area (Å²) in [4.78, 5) is 11.3. The number of hydrazone groups is 1. The Kier molecular flexibility index (Phi) is 7.85. The molecule has 0 spiro atoms. The molecule has 30 heavy (non-hydrogen) atoms. The van der Waals surface area contributed by atoms with Crippen molar-refractivity contribution < 1.29 is 19.0 Å². The SMILES string of the molecule is CCOC(=O)N/N=C\c1ccc(OCc2ccccc2)c(OCc2ccccc2)c1. The molecule has 3 rings (SSSR count). The molecule has 0 aromatic heterocycles. The van der Waals surface area contributed by atoms with Crippen molar-refractivity contribution in [3.8, 4) is 11.5 Å². The van der Waals surface area contributed by atoms with E-state index >= 15 is 0 Å². The minimum Gasteiger partial charge on any atom is -0.485 e. The van der Waals surface area contributed by atoms with E-state index in [-0.39, 0.29) is 6.61 Å². The lowest BCUT2D eigenvalue weighted by Gasteiger charge is -2.14. The van der Waals surface area contributed by atoms with Crippen molar-refractivity contribution in [2.45, 2.75) is 20.1 Å². The van der Waals surface area contributed by atoms with Crippen LogP contribution in [0, 0.1) is 0 Å². The number of benzene rings is 3. The number of carbonyl (C=O) groups is 1. The topological polar surface area (TPSA) is 69.2 Å². The van der Waals surface area contributed by atoms with Gasteiger partial charge in [0.1, 0.15) is 13.2 Å². The van der Waals surface area contributed by atoms with Gasteiger partial charge in [0.25, 0.3) is 0 Å². The second-order valence-electron chi connectivity index (χ2n) is 6.35. The zero-order valence-electron chi connectivity index (χ0n) is 16.8. The number of hydrogen-bond donors (Lipinski definition) is 1. The fourth-order valence-corrected chi connectivity index (χ4v) is 2.63.